The summed E-state index contributed by atoms with van der Waals surface area (Å²) < 4.78 is 23.5. The fourth-order valence-corrected chi connectivity index (χ4v) is 9.49. The van der Waals surface area contributed by atoms with Crippen molar-refractivity contribution in [3.8, 4) is 0 Å². The van der Waals surface area contributed by atoms with Gasteiger partial charge in [0, 0.05) is 37.7 Å². The summed E-state index contributed by atoms with van der Waals surface area (Å²) in [6.07, 6.45) is 2.83. The van der Waals surface area contributed by atoms with Crippen molar-refractivity contribution in [2.24, 2.45) is 22.7 Å². The Morgan fingerprint density at radius 1 is 1.11 bits per heavy atom. The van der Waals surface area contributed by atoms with E-state index in [9.17, 15) is 24.6 Å². The highest BCUT2D eigenvalue weighted by Crippen LogP contribution is 2.73. The molecule has 7 fully saturated rings. The summed E-state index contributed by atoms with van der Waals surface area (Å²) in [4.78, 5) is 38.7. The van der Waals surface area contributed by atoms with Crippen molar-refractivity contribution in [1.29, 1.82) is 0 Å². The topological polar surface area (TPSA) is 132 Å². The van der Waals surface area contributed by atoms with Gasteiger partial charge < -0.3 is 33.6 Å². The Labute approximate surface area is 201 Å². The molecule has 4 aliphatic carbocycles. The maximum atomic E-state index is 14.1. The van der Waals surface area contributed by atoms with Gasteiger partial charge in [-0.3, -0.25) is 4.79 Å². The lowest BCUT2D eigenvalue weighted by atomic mass is 9.39. The van der Waals surface area contributed by atoms with Crippen LogP contribution in [0.2, 0.25) is 0 Å². The molecule has 9 nitrogen and oxygen atoms in total. The van der Waals surface area contributed by atoms with Crippen LogP contribution in [0.3, 0.4) is 0 Å². The van der Waals surface area contributed by atoms with Crippen LogP contribution in [0, 0.1) is 22.7 Å². The molecule has 1 aromatic rings. The average Bonchev–Trinajstić information content (AvgIpc) is 3.09. The normalized spacial score (nSPS) is 55.8. The van der Waals surface area contributed by atoms with Gasteiger partial charge in [0.2, 0.25) is 0 Å². The zero-order chi connectivity index (χ0) is 24.6. The predicted octanol–water partition coefficient (Wildman–Crippen LogP) is 1.43. The Balaban J connectivity index is 1.37. The molecule has 4 bridgehead atoms. The van der Waals surface area contributed by atoms with E-state index in [1.54, 1.807) is 19.9 Å². The smallest absolute Gasteiger partial charge is 0.335 e. The van der Waals surface area contributed by atoms with Crippen LogP contribution in [0.25, 0.3) is 0 Å². The van der Waals surface area contributed by atoms with Crippen LogP contribution in [0.1, 0.15) is 63.9 Å². The number of aliphatic hydroxyl groups excluding tert-OH is 1. The van der Waals surface area contributed by atoms with Crippen LogP contribution < -0.4 is 5.63 Å². The molecular weight excluding hydrogens is 456 g/mol. The van der Waals surface area contributed by atoms with Gasteiger partial charge >= 0.3 is 5.63 Å². The van der Waals surface area contributed by atoms with Gasteiger partial charge in [0.1, 0.15) is 12.4 Å². The lowest BCUT2D eigenvalue weighted by Gasteiger charge is -2.73. The van der Waals surface area contributed by atoms with Crippen LogP contribution >= 0.6 is 0 Å². The second-order valence-corrected chi connectivity index (χ2v) is 11.9. The van der Waals surface area contributed by atoms with Crippen LogP contribution in [-0.2, 0) is 23.8 Å². The lowest BCUT2D eigenvalue weighted by Crippen LogP contribution is -2.83. The van der Waals surface area contributed by atoms with E-state index in [1.807, 2.05) is 0 Å². The summed E-state index contributed by atoms with van der Waals surface area (Å²) in [5.74, 6) is -3.50. The summed E-state index contributed by atoms with van der Waals surface area (Å²) >= 11 is 0. The first-order chi connectivity index (χ1) is 16.5. The molecule has 7 aliphatic rings. The largest absolute Gasteiger partial charge is 0.431 e. The van der Waals surface area contributed by atoms with Crippen molar-refractivity contribution in [2.45, 2.75) is 93.8 Å². The van der Waals surface area contributed by atoms with E-state index in [-0.39, 0.29) is 6.10 Å². The number of hydrogen-bond acceptors (Lipinski definition) is 9. The number of Topliss-reactive ketones (excluding diaryl/α,β-unsaturated/α-hetero) is 1. The van der Waals surface area contributed by atoms with E-state index >= 15 is 0 Å². The molecule has 1 aromatic heterocycles. The van der Waals surface area contributed by atoms with Gasteiger partial charge in [0.15, 0.2) is 5.78 Å². The fraction of sp³-hybridized carbons (Fsp3) is 0.731. The summed E-state index contributed by atoms with van der Waals surface area (Å²) in [5.41, 5.74) is -4.77. The van der Waals surface area contributed by atoms with Crippen LogP contribution in [0.5, 0.6) is 0 Å². The summed E-state index contributed by atoms with van der Waals surface area (Å²) in [5, 5.41) is 24.1. The van der Waals surface area contributed by atoms with Crippen LogP contribution in [-0.4, -0.2) is 57.8 Å². The molecule has 0 aromatic carbocycles. The maximum absolute atomic E-state index is 14.1. The first-order valence-corrected chi connectivity index (χ1v) is 12.6. The quantitative estimate of drug-likeness (QED) is 0.596. The molecule has 3 aliphatic heterocycles. The van der Waals surface area contributed by atoms with Gasteiger partial charge in [-0.1, -0.05) is 0 Å². The predicted molar refractivity (Wildman–Crippen MR) is 117 cm³/mol. The highest BCUT2D eigenvalue weighted by atomic mass is 16.9. The van der Waals surface area contributed by atoms with Gasteiger partial charge in [0.25, 0.3) is 5.97 Å². The molecule has 4 heterocycles. The van der Waals surface area contributed by atoms with Gasteiger partial charge in [-0.25, -0.2) is 4.79 Å². The van der Waals surface area contributed by atoms with Crippen molar-refractivity contribution in [3.05, 3.63) is 34.4 Å². The molecule has 188 valence electrons. The summed E-state index contributed by atoms with van der Waals surface area (Å²) in [6, 6.07) is 2.93. The molecule has 9 heteroatoms. The minimum absolute atomic E-state index is 0.120. The zero-order valence-corrected chi connectivity index (χ0v) is 19.8. The van der Waals surface area contributed by atoms with E-state index < -0.39 is 69.4 Å². The Kier molecular flexibility index (Phi) is 4.14. The van der Waals surface area contributed by atoms with Crippen LogP contribution in [0.4, 0.5) is 0 Å². The molecule has 3 saturated heterocycles. The third-order valence-corrected chi connectivity index (χ3v) is 10.8. The fourth-order valence-electron chi connectivity index (χ4n) is 9.49. The molecule has 4 unspecified atom stereocenters. The van der Waals surface area contributed by atoms with Crippen LogP contribution in [0.15, 0.2) is 27.6 Å². The Morgan fingerprint density at radius 2 is 1.91 bits per heavy atom. The minimum Gasteiger partial charge on any atom is -0.431 e. The number of hydrogen-bond donors (Lipinski definition) is 2. The van der Waals surface area contributed by atoms with Gasteiger partial charge in [-0.15, -0.1) is 0 Å². The number of carbonyl (C=O) groups is 2. The highest BCUT2D eigenvalue weighted by Gasteiger charge is 2.82. The number of aldehydes is 1. The van der Waals surface area contributed by atoms with Crippen molar-refractivity contribution in [1.82, 2.24) is 0 Å². The second-order valence-electron chi connectivity index (χ2n) is 11.9. The molecule has 4 saturated carbocycles. The summed E-state index contributed by atoms with van der Waals surface area (Å²) in [6.45, 7) is 3.43. The standard InChI is InChI=1S/C26H30O9/c1-22-15(13-3-4-18(28)32-11-13)6-8-26(22,31)16-5-7-24-10-14-9-17(34-23(2,33-14)35-24)25(24,12-27)19(16)20(29)21(22)30/h3-4,11-12,14-17,19-20,29,31H,5-10H2,1-2H3/t14-,15?,16?,17+,19?,20-,22-,23?,24-,25+,26-/m0/s1. The van der Waals surface area contributed by atoms with Gasteiger partial charge in [-0.05, 0) is 50.2 Å². The third-order valence-electron chi connectivity index (χ3n) is 10.8. The van der Waals surface area contributed by atoms with E-state index in [0.29, 0.717) is 44.1 Å². The minimum atomic E-state index is -1.47. The summed E-state index contributed by atoms with van der Waals surface area (Å²) in [7, 11) is 0. The third kappa shape index (κ3) is 2.31. The molecule has 0 amide bonds. The number of ketones is 1. The van der Waals surface area contributed by atoms with Gasteiger partial charge in [-0.2, -0.15) is 0 Å². The van der Waals surface area contributed by atoms with Crippen molar-refractivity contribution < 1.29 is 38.4 Å². The number of carbonyl (C=O) groups excluding carboxylic acids is 2. The molecule has 2 N–H and O–H groups in total. The van der Waals surface area contributed by atoms with Gasteiger partial charge in [0.05, 0.1) is 40.5 Å². The lowest BCUT2D eigenvalue weighted by molar-refractivity contribution is -0.542. The zero-order valence-electron chi connectivity index (χ0n) is 19.8. The molecule has 1 spiro atoms. The highest BCUT2D eigenvalue weighted by molar-refractivity contribution is 5.93. The average molecular weight is 487 g/mol. The Hall–Kier alpha value is -1.91. The van der Waals surface area contributed by atoms with E-state index in [4.69, 9.17) is 18.6 Å². The van der Waals surface area contributed by atoms with Crippen molar-refractivity contribution in [3.63, 3.8) is 0 Å². The van der Waals surface area contributed by atoms with E-state index in [0.717, 1.165) is 6.29 Å². The first-order valence-electron chi connectivity index (χ1n) is 12.6. The monoisotopic (exact) mass is 486 g/mol. The molecule has 35 heavy (non-hydrogen) atoms. The number of ether oxygens (including phenoxy) is 3. The van der Waals surface area contributed by atoms with Crippen molar-refractivity contribution in [2.75, 3.05) is 0 Å². The Morgan fingerprint density at radius 3 is 2.60 bits per heavy atom. The maximum Gasteiger partial charge on any atom is 0.335 e. The molecule has 11 atom stereocenters. The molecule has 8 rings (SSSR count). The van der Waals surface area contributed by atoms with E-state index in [1.165, 1.54) is 12.3 Å². The first kappa shape index (κ1) is 22.3. The van der Waals surface area contributed by atoms with E-state index in [2.05, 4.69) is 0 Å². The number of rotatable bonds is 2. The van der Waals surface area contributed by atoms with Crippen molar-refractivity contribution >= 4 is 12.1 Å². The molecular formula is C26H30O9. The Bertz CT molecular complexity index is 1180. The molecule has 0 radical (unpaired) electrons. The SMILES string of the molecule is CC12O[C@H]3C[C@@H](O1)[C@]1(C=O)C4C(CC[C@@]1(C3)O2)[C@@]1(O)CCC(c2ccc(=O)oc2)[C@@]1(C)C(=O)[C@H]4O. The number of fused-ring (bicyclic) bond motifs is 3. The number of aliphatic hydroxyl groups is 2. The second kappa shape index (κ2) is 6.50.